The molecule has 0 saturated heterocycles. The predicted octanol–water partition coefficient (Wildman–Crippen LogP) is 3.06. The number of rotatable bonds is 5. The lowest BCUT2D eigenvalue weighted by Crippen LogP contribution is -2.36. The molecule has 0 spiro atoms. The summed E-state index contributed by atoms with van der Waals surface area (Å²) in [5.74, 6) is 0.264. The number of amides is 1. The molecule has 0 bridgehead atoms. The van der Waals surface area contributed by atoms with Crippen LogP contribution in [0.4, 0.5) is 5.69 Å². The van der Waals surface area contributed by atoms with Gasteiger partial charge in [0, 0.05) is 18.1 Å². The van der Waals surface area contributed by atoms with E-state index in [1.807, 2.05) is 36.4 Å². The van der Waals surface area contributed by atoms with E-state index in [1.165, 1.54) is 0 Å². The number of hydrogen-bond acceptors (Lipinski definition) is 3. The highest BCUT2D eigenvalue weighted by molar-refractivity contribution is 5.94. The summed E-state index contributed by atoms with van der Waals surface area (Å²) in [6.07, 6.45) is 4.20. The quantitative estimate of drug-likeness (QED) is 0.886. The van der Waals surface area contributed by atoms with Gasteiger partial charge in [-0.25, -0.2) is 0 Å². The van der Waals surface area contributed by atoms with Gasteiger partial charge in [-0.15, -0.1) is 0 Å². The molecule has 2 rings (SSSR count). The van der Waals surface area contributed by atoms with Crippen LogP contribution < -0.4 is 11.1 Å². The number of carbonyl (C=O) groups is 1. The Bertz CT molecular complexity index is 579. The van der Waals surface area contributed by atoms with Gasteiger partial charge in [-0.1, -0.05) is 26.0 Å². The second kappa shape index (κ2) is 6.99. The predicted molar refractivity (Wildman–Crippen MR) is 85.7 cm³/mol. The van der Waals surface area contributed by atoms with E-state index in [4.69, 9.17) is 5.73 Å². The van der Waals surface area contributed by atoms with Crippen molar-refractivity contribution in [1.82, 2.24) is 4.98 Å². The van der Waals surface area contributed by atoms with Gasteiger partial charge < -0.3 is 11.1 Å². The van der Waals surface area contributed by atoms with Gasteiger partial charge in [0.25, 0.3) is 0 Å². The maximum absolute atomic E-state index is 12.0. The zero-order valence-corrected chi connectivity index (χ0v) is 12.4. The van der Waals surface area contributed by atoms with Gasteiger partial charge in [0.05, 0.1) is 6.04 Å². The molecule has 1 atom stereocenters. The van der Waals surface area contributed by atoms with Crippen LogP contribution in [0.1, 0.15) is 20.3 Å². The van der Waals surface area contributed by atoms with Crippen LogP contribution in [0.2, 0.25) is 0 Å². The zero-order valence-electron chi connectivity index (χ0n) is 12.4. The minimum absolute atomic E-state index is 0.139. The minimum atomic E-state index is -0.468. The third kappa shape index (κ3) is 4.39. The fourth-order valence-electron chi connectivity index (χ4n) is 2.14. The van der Waals surface area contributed by atoms with E-state index < -0.39 is 6.04 Å². The fraction of sp³-hybridized carbons (Fsp3) is 0.294. The molecule has 0 aliphatic rings. The second-order valence-corrected chi connectivity index (χ2v) is 5.54. The summed E-state index contributed by atoms with van der Waals surface area (Å²) in [5.41, 5.74) is 8.81. The van der Waals surface area contributed by atoms with Crippen molar-refractivity contribution in [3.63, 3.8) is 0 Å². The van der Waals surface area contributed by atoms with Crippen molar-refractivity contribution in [1.29, 1.82) is 0 Å². The monoisotopic (exact) mass is 283 g/mol. The molecule has 21 heavy (non-hydrogen) atoms. The van der Waals surface area contributed by atoms with Gasteiger partial charge >= 0.3 is 0 Å². The number of hydrogen-bond donors (Lipinski definition) is 2. The highest BCUT2D eigenvalue weighted by Gasteiger charge is 2.14. The first-order chi connectivity index (χ1) is 10.1. The molecule has 2 aromatic rings. The van der Waals surface area contributed by atoms with E-state index in [2.05, 4.69) is 24.1 Å². The molecule has 110 valence electrons. The lowest BCUT2D eigenvalue weighted by Gasteiger charge is -2.14. The Labute approximate surface area is 125 Å². The highest BCUT2D eigenvalue weighted by Crippen LogP contribution is 2.20. The molecule has 0 radical (unpaired) electrons. The van der Waals surface area contributed by atoms with Crippen molar-refractivity contribution in [3.8, 4) is 11.1 Å². The molecule has 0 unspecified atom stereocenters. The van der Waals surface area contributed by atoms with Gasteiger partial charge in [0.1, 0.15) is 0 Å². The van der Waals surface area contributed by atoms with Crippen molar-refractivity contribution in [2.75, 3.05) is 5.32 Å². The normalized spacial score (nSPS) is 12.2. The van der Waals surface area contributed by atoms with Crippen LogP contribution in [0.5, 0.6) is 0 Å². The van der Waals surface area contributed by atoms with Crippen molar-refractivity contribution in [3.05, 3.63) is 48.8 Å². The van der Waals surface area contributed by atoms with Crippen molar-refractivity contribution in [2.24, 2.45) is 11.7 Å². The molecule has 0 fully saturated rings. The molecule has 0 aliphatic carbocycles. The van der Waals surface area contributed by atoms with Gasteiger partial charge in [-0.3, -0.25) is 9.78 Å². The summed E-state index contributed by atoms with van der Waals surface area (Å²) in [6, 6.07) is 11.1. The molecule has 4 nitrogen and oxygen atoms in total. The lowest BCUT2D eigenvalue weighted by molar-refractivity contribution is -0.117. The molecule has 3 N–H and O–H groups in total. The summed E-state index contributed by atoms with van der Waals surface area (Å²) in [4.78, 5) is 16.0. The number of nitrogens with one attached hydrogen (secondary N) is 1. The summed E-state index contributed by atoms with van der Waals surface area (Å²) < 4.78 is 0. The summed E-state index contributed by atoms with van der Waals surface area (Å²) >= 11 is 0. The summed E-state index contributed by atoms with van der Waals surface area (Å²) in [7, 11) is 0. The lowest BCUT2D eigenvalue weighted by atomic mass is 10.0. The average molecular weight is 283 g/mol. The molecule has 1 heterocycles. The van der Waals surface area contributed by atoms with Gasteiger partial charge in [-0.05, 0) is 47.7 Å². The van der Waals surface area contributed by atoms with Crippen LogP contribution in [-0.4, -0.2) is 16.9 Å². The minimum Gasteiger partial charge on any atom is -0.325 e. The number of anilines is 1. The van der Waals surface area contributed by atoms with Crippen molar-refractivity contribution < 1.29 is 4.79 Å². The highest BCUT2D eigenvalue weighted by atomic mass is 16.2. The van der Waals surface area contributed by atoms with E-state index in [9.17, 15) is 4.79 Å². The van der Waals surface area contributed by atoms with E-state index in [0.717, 1.165) is 16.8 Å². The van der Waals surface area contributed by atoms with E-state index >= 15 is 0 Å². The van der Waals surface area contributed by atoms with E-state index in [0.29, 0.717) is 12.3 Å². The van der Waals surface area contributed by atoms with Gasteiger partial charge in [-0.2, -0.15) is 0 Å². The maximum Gasteiger partial charge on any atom is 0.241 e. The number of aromatic nitrogens is 1. The first-order valence-corrected chi connectivity index (χ1v) is 7.13. The Kier molecular flexibility index (Phi) is 5.06. The number of nitrogens with two attached hydrogens (primary N) is 1. The molecule has 4 heteroatoms. The number of benzene rings is 1. The third-order valence-corrected chi connectivity index (χ3v) is 3.23. The SMILES string of the molecule is CC(C)C[C@@H](N)C(=O)Nc1ccc(-c2ccncc2)cc1. The van der Waals surface area contributed by atoms with Crippen LogP contribution >= 0.6 is 0 Å². The Morgan fingerprint density at radius 1 is 1.10 bits per heavy atom. The molecule has 0 aliphatic heterocycles. The molecular weight excluding hydrogens is 262 g/mol. The Balaban J connectivity index is 2.01. The number of nitrogens with zero attached hydrogens (tertiary/aromatic N) is 1. The molecular formula is C17H21N3O. The topological polar surface area (TPSA) is 68.0 Å². The first kappa shape index (κ1) is 15.2. The zero-order chi connectivity index (χ0) is 15.2. The number of pyridine rings is 1. The van der Waals surface area contributed by atoms with Crippen LogP contribution in [0, 0.1) is 5.92 Å². The van der Waals surface area contributed by atoms with Gasteiger partial charge in [0.2, 0.25) is 5.91 Å². The Morgan fingerprint density at radius 3 is 2.24 bits per heavy atom. The van der Waals surface area contributed by atoms with Gasteiger partial charge in [0.15, 0.2) is 0 Å². The van der Waals surface area contributed by atoms with Crippen LogP contribution in [0.15, 0.2) is 48.8 Å². The second-order valence-electron chi connectivity index (χ2n) is 5.54. The van der Waals surface area contributed by atoms with Crippen molar-refractivity contribution in [2.45, 2.75) is 26.3 Å². The Hall–Kier alpha value is -2.20. The first-order valence-electron chi connectivity index (χ1n) is 7.13. The molecule has 1 aromatic heterocycles. The van der Waals surface area contributed by atoms with Crippen LogP contribution in [-0.2, 0) is 4.79 Å². The van der Waals surface area contributed by atoms with E-state index in [1.54, 1.807) is 12.4 Å². The Morgan fingerprint density at radius 2 is 1.67 bits per heavy atom. The molecule has 1 aromatic carbocycles. The van der Waals surface area contributed by atoms with Crippen LogP contribution in [0.25, 0.3) is 11.1 Å². The standard InChI is InChI=1S/C17H21N3O/c1-12(2)11-16(18)17(21)20-15-5-3-13(4-6-15)14-7-9-19-10-8-14/h3-10,12,16H,11,18H2,1-2H3,(H,20,21)/t16-/m1/s1. The molecule has 1 amide bonds. The average Bonchev–Trinajstić information content (AvgIpc) is 2.48. The maximum atomic E-state index is 12.0. The van der Waals surface area contributed by atoms with Crippen molar-refractivity contribution >= 4 is 11.6 Å². The summed E-state index contributed by atoms with van der Waals surface area (Å²) in [6.45, 7) is 4.10. The largest absolute Gasteiger partial charge is 0.325 e. The summed E-state index contributed by atoms with van der Waals surface area (Å²) in [5, 5.41) is 2.85. The third-order valence-electron chi connectivity index (χ3n) is 3.23. The fourth-order valence-corrected chi connectivity index (χ4v) is 2.14. The number of carbonyl (C=O) groups excluding carboxylic acids is 1. The van der Waals surface area contributed by atoms with Crippen LogP contribution in [0.3, 0.4) is 0 Å². The molecule has 0 saturated carbocycles. The smallest absolute Gasteiger partial charge is 0.241 e. The van der Waals surface area contributed by atoms with E-state index in [-0.39, 0.29) is 5.91 Å².